The number of benzene rings is 1. The second kappa shape index (κ2) is 6.01. The Labute approximate surface area is 122 Å². The molecule has 0 aliphatic heterocycles. The van der Waals surface area contributed by atoms with E-state index < -0.39 is 0 Å². The number of fused-ring (bicyclic) bond motifs is 1. The minimum Gasteiger partial charge on any atom is -0.459 e. The molecule has 20 heavy (non-hydrogen) atoms. The Bertz CT molecular complexity index is 608. The van der Waals surface area contributed by atoms with Gasteiger partial charge in [-0.1, -0.05) is 33.3 Å². The van der Waals surface area contributed by atoms with E-state index in [9.17, 15) is 0 Å². The van der Waals surface area contributed by atoms with Crippen molar-refractivity contribution in [1.82, 2.24) is 5.32 Å². The minimum absolute atomic E-state index is 0.474. The van der Waals surface area contributed by atoms with Crippen molar-refractivity contribution in [2.45, 2.75) is 67.0 Å². The summed E-state index contributed by atoms with van der Waals surface area (Å²) in [6.07, 6.45) is 2.24. The van der Waals surface area contributed by atoms with Crippen LogP contribution in [0.2, 0.25) is 0 Å². The first-order valence-corrected chi connectivity index (χ1v) is 7.70. The lowest BCUT2D eigenvalue weighted by Crippen LogP contribution is -2.22. The first kappa shape index (κ1) is 15.1. The highest BCUT2D eigenvalue weighted by molar-refractivity contribution is 5.89. The van der Waals surface area contributed by atoms with Gasteiger partial charge in [0.15, 0.2) is 0 Å². The molecule has 110 valence electrons. The SMILES string of the molecule is CCCc1c(CNC(C)C)oc2c(C)c(C)cc(C)c12. The van der Waals surface area contributed by atoms with Crippen molar-refractivity contribution >= 4 is 11.0 Å². The zero-order valence-electron chi connectivity index (χ0n) is 13.7. The summed E-state index contributed by atoms with van der Waals surface area (Å²) >= 11 is 0. The zero-order valence-corrected chi connectivity index (χ0v) is 13.7. The second-order valence-electron chi connectivity index (χ2n) is 6.13. The van der Waals surface area contributed by atoms with Crippen molar-refractivity contribution in [1.29, 1.82) is 0 Å². The Balaban J connectivity index is 2.59. The quantitative estimate of drug-likeness (QED) is 0.845. The molecule has 1 aromatic heterocycles. The highest BCUT2D eigenvalue weighted by Gasteiger charge is 2.18. The molecule has 1 aromatic carbocycles. The molecule has 1 heterocycles. The summed E-state index contributed by atoms with van der Waals surface area (Å²) in [4.78, 5) is 0. The normalized spacial score (nSPS) is 11.8. The summed E-state index contributed by atoms with van der Waals surface area (Å²) in [5.74, 6) is 1.12. The number of furan rings is 1. The molecule has 0 bridgehead atoms. The summed E-state index contributed by atoms with van der Waals surface area (Å²) < 4.78 is 6.23. The van der Waals surface area contributed by atoms with Crippen LogP contribution < -0.4 is 5.32 Å². The fraction of sp³-hybridized carbons (Fsp3) is 0.556. The fourth-order valence-electron chi connectivity index (χ4n) is 2.83. The third-order valence-electron chi connectivity index (χ3n) is 4.02. The number of hydrogen-bond donors (Lipinski definition) is 1. The lowest BCUT2D eigenvalue weighted by molar-refractivity contribution is 0.482. The van der Waals surface area contributed by atoms with Crippen LogP contribution in [0.15, 0.2) is 10.5 Å². The Kier molecular flexibility index (Phi) is 4.54. The van der Waals surface area contributed by atoms with E-state index >= 15 is 0 Å². The standard InChI is InChI=1S/C18H27NO/c1-7-8-15-16(10-19-11(2)3)20-18-14(6)12(4)9-13(5)17(15)18/h9,11,19H,7-8,10H2,1-6H3. The summed E-state index contributed by atoms with van der Waals surface area (Å²) in [6.45, 7) is 13.9. The van der Waals surface area contributed by atoms with E-state index in [4.69, 9.17) is 4.42 Å². The number of hydrogen-bond acceptors (Lipinski definition) is 2. The van der Waals surface area contributed by atoms with Gasteiger partial charge in [0, 0.05) is 17.0 Å². The van der Waals surface area contributed by atoms with Crippen LogP contribution in [0, 0.1) is 20.8 Å². The molecular weight excluding hydrogens is 246 g/mol. The first-order valence-electron chi connectivity index (χ1n) is 7.70. The van der Waals surface area contributed by atoms with Crippen LogP contribution in [0.4, 0.5) is 0 Å². The predicted octanol–water partition coefficient (Wildman–Crippen LogP) is 4.81. The summed E-state index contributed by atoms with van der Waals surface area (Å²) in [6, 6.07) is 2.76. The largest absolute Gasteiger partial charge is 0.459 e. The summed E-state index contributed by atoms with van der Waals surface area (Å²) in [5.41, 5.74) is 6.42. The van der Waals surface area contributed by atoms with Crippen molar-refractivity contribution in [3.8, 4) is 0 Å². The number of aryl methyl sites for hydroxylation is 4. The van der Waals surface area contributed by atoms with E-state index in [1.54, 1.807) is 0 Å². The molecule has 0 saturated heterocycles. The predicted molar refractivity (Wildman–Crippen MR) is 86.4 cm³/mol. The molecule has 0 radical (unpaired) electrons. The molecule has 0 unspecified atom stereocenters. The molecular formula is C18H27NO. The molecule has 2 heteroatoms. The number of rotatable bonds is 5. The van der Waals surface area contributed by atoms with Gasteiger partial charge in [0.2, 0.25) is 0 Å². The zero-order chi connectivity index (χ0) is 14.9. The highest BCUT2D eigenvalue weighted by Crippen LogP contribution is 2.33. The van der Waals surface area contributed by atoms with Gasteiger partial charge in [-0.2, -0.15) is 0 Å². The van der Waals surface area contributed by atoms with Gasteiger partial charge in [-0.25, -0.2) is 0 Å². The lowest BCUT2D eigenvalue weighted by atomic mass is 9.97. The minimum atomic E-state index is 0.474. The van der Waals surface area contributed by atoms with E-state index in [0.717, 1.165) is 30.7 Å². The van der Waals surface area contributed by atoms with Crippen molar-refractivity contribution < 1.29 is 4.42 Å². The van der Waals surface area contributed by atoms with Crippen LogP contribution in [-0.4, -0.2) is 6.04 Å². The van der Waals surface area contributed by atoms with Gasteiger partial charge in [0.25, 0.3) is 0 Å². The van der Waals surface area contributed by atoms with E-state index in [1.807, 2.05) is 0 Å². The Morgan fingerprint density at radius 2 is 1.85 bits per heavy atom. The Hall–Kier alpha value is -1.28. The summed E-state index contributed by atoms with van der Waals surface area (Å²) in [7, 11) is 0. The molecule has 2 nitrogen and oxygen atoms in total. The topological polar surface area (TPSA) is 25.2 Å². The molecule has 0 aliphatic carbocycles. The van der Waals surface area contributed by atoms with Gasteiger partial charge < -0.3 is 9.73 Å². The molecule has 0 saturated carbocycles. The van der Waals surface area contributed by atoms with Crippen LogP contribution in [-0.2, 0) is 13.0 Å². The maximum atomic E-state index is 6.23. The first-order chi connectivity index (χ1) is 9.45. The fourth-order valence-corrected chi connectivity index (χ4v) is 2.83. The van der Waals surface area contributed by atoms with Gasteiger partial charge in [0.1, 0.15) is 11.3 Å². The third-order valence-corrected chi connectivity index (χ3v) is 4.02. The van der Waals surface area contributed by atoms with Crippen LogP contribution in [0.25, 0.3) is 11.0 Å². The van der Waals surface area contributed by atoms with Crippen molar-refractivity contribution in [3.05, 3.63) is 34.1 Å². The maximum Gasteiger partial charge on any atom is 0.138 e. The second-order valence-corrected chi connectivity index (χ2v) is 6.13. The third kappa shape index (κ3) is 2.76. The Morgan fingerprint density at radius 3 is 2.45 bits per heavy atom. The molecule has 0 spiro atoms. The van der Waals surface area contributed by atoms with Crippen LogP contribution in [0.1, 0.15) is 55.2 Å². The molecule has 2 rings (SSSR count). The van der Waals surface area contributed by atoms with E-state index in [2.05, 4.69) is 52.9 Å². The molecule has 1 N–H and O–H groups in total. The van der Waals surface area contributed by atoms with Crippen LogP contribution in [0.3, 0.4) is 0 Å². The lowest BCUT2D eigenvalue weighted by Gasteiger charge is -2.08. The van der Waals surface area contributed by atoms with Gasteiger partial charge in [-0.15, -0.1) is 0 Å². The van der Waals surface area contributed by atoms with Gasteiger partial charge >= 0.3 is 0 Å². The van der Waals surface area contributed by atoms with E-state index in [1.165, 1.54) is 27.6 Å². The Morgan fingerprint density at radius 1 is 1.15 bits per heavy atom. The van der Waals surface area contributed by atoms with Gasteiger partial charge in [-0.05, 0) is 43.9 Å². The van der Waals surface area contributed by atoms with Gasteiger partial charge in [-0.3, -0.25) is 0 Å². The smallest absolute Gasteiger partial charge is 0.138 e. The average molecular weight is 273 g/mol. The maximum absolute atomic E-state index is 6.23. The van der Waals surface area contributed by atoms with E-state index in [-0.39, 0.29) is 0 Å². The molecule has 0 fully saturated rings. The number of nitrogens with one attached hydrogen (secondary N) is 1. The van der Waals surface area contributed by atoms with Crippen LogP contribution in [0.5, 0.6) is 0 Å². The van der Waals surface area contributed by atoms with Crippen molar-refractivity contribution in [3.63, 3.8) is 0 Å². The highest BCUT2D eigenvalue weighted by atomic mass is 16.3. The van der Waals surface area contributed by atoms with Crippen molar-refractivity contribution in [2.75, 3.05) is 0 Å². The molecule has 2 aromatic rings. The van der Waals surface area contributed by atoms with Crippen molar-refractivity contribution in [2.24, 2.45) is 0 Å². The molecule has 0 aliphatic rings. The monoisotopic (exact) mass is 273 g/mol. The van der Waals surface area contributed by atoms with Crippen LogP contribution >= 0.6 is 0 Å². The molecule has 0 atom stereocenters. The van der Waals surface area contributed by atoms with E-state index in [0.29, 0.717) is 6.04 Å². The summed E-state index contributed by atoms with van der Waals surface area (Å²) in [5, 5.41) is 4.82. The van der Waals surface area contributed by atoms with Gasteiger partial charge in [0.05, 0.1) is 6.54 Å². The average Bonchev–Trinajstić information content (AvgIpc) is 2.74. The molecule has 0 amide bonds.